The number of halogens is 2. The first-order valence-corrected chi connectivity index (χ1v) is 5.87. The topological polar surface area (TPSA) is 41.5 Å². The van der Waals surface area contributed by atoms with Gasteiger partial charge in [-0.3, -0.25) is 0 Å². The summed E-state index contributed by atoms with van der Waals surface area (Å²) in [7, 11) is 1.55. The molecule has 1 rings (SSSR count). The molecule has 0 aliphatic carbocycles. The van der Waals surface area contributed by atoms with Crippen LogP contribution in [0.1, 0.15) is 5.56 Å². The molecule has 0 aliphatic heterocycles. The van der Waals surface area contributed by atoms with Crippen molar-refractivity contribution in [3.05, 3.63) is 29.6 Å². The fourth-order valence-electron chi connectivity index (χ4n) is 1.31. The molecule has 0 amide bonds. The molecule has 0 saturated carbocycles. The Labute approximate surface area is 103 Å². The lowest BCUT2D eigenvalue weighted by Crippen LogP contribution is -2.25. The van der Waals surface area contributed by atoms with E-state index in [2.05, 4.69) is 21.2 Å². The van der Waals surface area contributed by atoms with E-state index in [1.54, 1.807) is 13.2 Å². The predicted octanol–water partition coefficient (Wildman–Crippen LogP) is 1.68. The van der Waals surface area contributed by atoms with E-state index in [-0.39, 0.29) is 17.3 Å². The fraction of sp³-hybridized carbons (Fsp3) is 0.455. The number of rotatable bonds is 6. The van der Waals surface area contributed by atoms with E-state index in [4.69, 9.17) is 9.84 Å². The van der Waals surface area contributed by atoms with Crippen molar-refractivity contribution in [1.29, 1.82) is 0 Å². The van der Waals surface area contributed by atoms with Crippen molar-refractivity contribution >= 4 is 15.9 Å². The molecule has 90 valence electrons. The van der Waals surface area contributed by atoms with Crippen LogP contribution < -0.4 is 10.1 Å². The fourth-order valence-corrected chi connectivity index (χ4v) is 1.54. The molecule has 0 aromatic heterocycles. The van der Waals surface area contributed by atoms with Crippen LogP contribution in [0.5, 0.6) is 5.75 Å². The molecule has 0 bridgehead atoms. The van der Waals surface area contributed by atoms with Gasteiger partial charge >= 0.3 is 0 Å². The van der Waals surface area contributed by atoms with Gasteiger partial charge < -0.3 is 15.2 Å². The Morgan fingerprint density at radius 3 is 2.94 bits per heavy atom. The largest absolute Gasteiger partial charge is 0.496 e. The molecule has 16 heavy (non-hydrogen) atoms. The predicted molar refractivity (Wildman–Crippen MR) is 64.5 cm³/mol. The van der Waals surface area contributed by atoms with E-state index in [1.165, 1.54) is 12.1 Å². The van der Waals surface area contributed by atoms with Crippen molar-refractivity contribution in [3.8, 4) is 5.75 Å². The van der Waals surface area contributed by atoms with Crippen molar-refractivity contribution in [3.63, 3.8) is 0 Å². The van der Waals surface area contributed by atoms with Crippen molar-refractivity contribution < 1.29 is 14.2 Å². The summed E-state index contributed by atoms with van der Waals surface area (Å²) >= 11 is 3.28. The van der Waals surface area contributed by atoms with E-state index in [9.17, 15) is 4.39 Å². The summed E-state index contributed by atoms with van der Waals surface area (Å²) in [5.74, 6) is 0.374. The molecule has 0 heterocycles. The van der Waals surface area contributed by atoms with Gasteiger partial charge in [-0.1, -0.05) is 15.9 Å². The van der Waals surface area contributed by atoms with Crippen LogP contribution in [0.15, 0.2) is 18.2 Å². The highest BCUT2D eigenvalue weighted by molar-refractivity contribution is 9.09. The van der Waals surface area contributed by atoms with Crippen LogP contribution in [0.4, 0.5) is 4.39 Å². The molecule has 1 unspecified atom stereocenters. The standard InChI is InChI=1S/C11H15BrFNO2/c1-16-11-3-2-10(13)4-8(11)5-14-6-9(12)7-15/h2-4,9,14-15H,5-7H2,1H3. The Bertz CT molecular complexity index is 336. The lowest BCUT2D eigenvalue weighted by Gasteiger charge is -2.11. The molecule has 3 nitrogen and oxygen atoms in total. The van der Waals surface area contributed by atoms with E-state index in [0.717, 1.165) is 5.56 Å². The molecule has 0 fully saturated rings. The quantitative estimate of drug-likeness (QED) is 0.784. The van der Waals surface area contributed by atoms with Gasteiger partial charge in [-0.2, -0.15) is 0 Å². The summed E-state index contributed by atoms with van der Waals surface area (Å²) in [5, 5.41) is 11.9. The number of benzene rings is 1. The third kappa shape index (κ3) is 4.08. The van der Waals surface area contributed by atoms with Crippen LogP contribution in [0.3, 0.4) is 0 Å². The highest BCUT2D eigenvalue weighted by Crippen LogP contribution is 2.18. The number of alkyl halides is 1. The molecule has 1 atom stereocenters. The Balaban J connectivity index is 2.55. The van der Waals surface area contributed by atoms with Gasteiger partial charge in [0, 0.05) is 18.7 Å². The molecule has 0 saturated heterocycles. The van der Waals surface area contributed by atoms with Gasteiger partial charge in [0.2, 0.25) is 0 Å². The zero-order valence-corrected chi connectivity index (χ0v) is 10.6. The van der Waals surface area contributed by atoms with Crippen molar-refractivity contribution in [2.45, 2.75) is 11.4 Å². The first-order chi connectivity index (χ1) is 7.67. The van der Waals surface area contributed by atoms with Gasteiger partial charge in [-0.05, 0) is 18.2 Å². The van der Waals surface area contributed by atoms with Crippen LogP contribution in [0.25, 0.3) is 0 Å². The van der Waals surface area contributed by atoms with E-state index in [0.29, 0.717) is 18.8 Å². The number of aliphatic hydroxyl groups excluding tert-OH is 1. The Morgan fingerprint density at radius 2 is 2.31 bits per heavy atom. The Morgan fingerprint density at radius 1 is 1.56 bits per heavy atom. The van der Waals surface area contributed by atoms with Gasteiger partial charge in [0.15, 0.2) is 0 Å². The van der Waals surface area contributed by atoms with E-state index < -0.39 is 0 Å². The summed E-state index contributed by atoms with van der Waals surface area (Å²) in [4.78, 5) is 0.00653. The third-order valence-corrected chi connectivity index (χ3v) is 2.74. The molecule has 5 heteroatoms. The number of aliphatic hydroxyl groups is 1. The SMILES string of the molecule is COc1ccc(F)cc1CNCC(Br)CO. The summed E-state index contributed by atoms with van der Waals surface area (Å²) in [5.41, 5.74) is 0.764. The van der Waals surface area contributed by atoms with Crippen LogP contribution in [0, 0.1) is 5.82 Å². The van der Waals surface area contributed by atoms with Crippen molar-refractivity contribution in [2.75, 3.05) is 20.3 Å². The van der Waals surface area contributed by atoms with Crippen molar-refractivity contribution in [2.24, 2.45) is 0 Å². The summed E-state index contributed by atoms with van der Waals surface area (Å²) in [6.07, 6.45) is 0. The third-order valence-electron chi connectivity index (χ3n) is 2.12. The number of methoxy groups -OCH3 is 1. The maximum atomic E-state index is 13.0. The molecular formula is C11H15BrFNO2. The molecule has 0 spiro atoms. The highest BCUT2D eigenvalue weighted by Gasteiger charge is 2.06. The van der Waals surface area contributed by atoms with Gasteiger partial charge in [0.25, 0.3) is 0 Å². The molecule has 0 radical (unpaired) electrons. The number of hydrogen-bond donors (Lipinski definition) is 2. The Hall–Kier alpha value is -0.650. The van der Waals surface area contributed by atoms with Crippen LogP contribution in [0.2, 0.25) is 0 Å². The monoisotopic (exact) mass is 291 g/mol. The number of ether oxygens (including phenoxy) is 1. The van der Waals surface area contributed by atoms with Gasteiger partial charge in [0.1, 0.15) is 11.6 Å². The smallest absolute Gasteiger partial charge is 0.123 e. The van der Waals surface area contributed by atoms with Crippen LogP contribution in [-0.4, -0.2) is 30.2 Å². The number of nitrogens with one attached hydrogen (secondary N) is 1. The lowest BCUT2D eigenvalue weighted by molar-refractivity contribution is 0.293. The van der Waals surface area contributed by atoms with Gasteiger partial charge in [-0.25, -0.2) is 4.39 Å². The number of hydrogen-bond acceptors (Lipinski definition) is 3. The first kappa shape index (κ1) is 13.4. The normalized spacial score (nSPS) is 12.5. The van der Waals surface area contributed by atoms with Gasteiger partial charge in [-0.15, -0.1) is 0 Å². The zero-order valence-electron chi connectivity index (χ0n) is 9.04. The minimum atomic E-state index is -0.282. The van der Waals surface area contributed by atoms with Crippen LogP contribution >= 0.6 is 15.9 Å². The second kappa shape index (κ2) is 6.83. The Kier molecular flexibility index (Phi) is 5.73. The summed E-state index contributed by atoms with van der Waals surface area (Å²) in [6, 6.07) is 4.40. The zero-order chi connectivity index (χ0) is 12.0. The average molecular weight is 292 g/mol. The van der Waals surface area contributed by atoms with E-state index >= 15 is 0 Å². The molecular weight excluding hydrogens is 277 g/mol. The average Bonchev–Trinajstić information content (AvgIpc) is 2.29. The minimum Gasteiger partial charge on any atom is -0.496 e. The summed E-state index contributed by atoms with van der Waals surface area (Å²) in [6.45, 7) is 1.17. The van der Waals surface area contributed by atoms with E-state index in [1.807, 2.05) is 0 Å². The second-order valence-corrected chi connectivity index (χ2v) is 4.66. The second-order valence-electron chi connectivity index (χ2n) is 3.37. The minimum absolute atomic E-state index is 0.00653. The molecule has 0 aliphatic rings. The maximum absolute atomic E-state index is 13.0. The summed E-state index contributed by atoms with van der Waals surface area (Å²) < 4.78 is 18.1. The molecule has 1 aromatic carbocycles. The molecule has 2 N–H and O–H groups in total. The lowest BCUT2D eigenvalue weighted by atomic mass is 10.2. The first-order valence-electron chi connectivity index (χ1n) is 4.95. The van der Waals surface area contributed by atoms with Gasteiger partial charge in [0.05, 0.1) is 18.5 Å². The van der Waals surface area contributed by atoms with Crippen LogP contribution in [-0.2, 0) is 6.54 Å². The molecule has 1 aromatic rings. The highest BCUT2D eigenvalue weighted by atomic mass is 79.9. The van der Waals surface area contributed by atoms with Crippen molar-refractivity contribution in [1.82, 2.24) is 5.32 Å². The maximum Gasteiger partial charge on any atom is 0.123 e.